The quantitative estimate of drug-likeness (QED) is 0.0756. The van der Waals surface area contributed by atoms with Crippen LogP contribution in [0.15, 0.2) is 195 Å². The highest BCUT2D eigenvalue weighted by molar-refractivity contribution is 6.72. The Morgan fingerprint density at radius 2 is 0.855 bits per heavy atom. The number of aromatic nitrogens is 12. The largest absolute Gasteiger partial charge is 0.453 e. The van der Waals surface area contributed by atoms with Gasteiger partial charge in [0.2, 0.25) is 11.8 Å². The number of anilines is 1. The number of para-hydroxylation sites is 3. The minimum Gasteiger partial charge on any atom is -0.453 e. The summed E-state index contributed by atoms with van der Waals surface area (Å²) >= 11 is 6.22. The van der Waals surface area contributed by atoms with Gasteiger partial charge in [0.05, 0.1) is 39.8 Å². The van der Waals surface area contributed by atoms with Gasteiger partial charge in [0.25, 0.3) is 11.1 Å². The number of halogens is 4. The van der Waals surface area contributed by atoms with E-state index in [1.807, 2.05) is 119 Å². The van der Waals surface area contributed by atoms with Gasteiger partial charge in [-0.25, -0.2) is 71.2 Å². The van der Waals surface area contributed by atoms with Gasteiger partial charge in [-0.2, -0.15) is 4.98 Å². The van der Waals surface area contributed by atoms with Crippen LogP contribution in [0.25, 0.3) is 84.3 Å². The molecule has 0 aliphatic carbocycles. The molecule has 2 atom stereocenters. The van der Waals surface area contributed by atoms with Crippen molar-refractivity contribution in [3.05, 3.63) is 274 Å². The normalized spacial score (nSPS) is 14.8. The average molecular weight is 1610 g/mol. The highest BCUT2D eigenvalue weighted by atomic mass is 35.5. The summed E-state index contributed by atoms with van der Waals surface area (Å²) in [6, 6.07) is 41.2. The molecule has 6 aromatic heterocycles. The molecule has 117 heavy (non-hydrogen) atoms. The van der Waals surface area contributed by atoms with Gasteiger partial charge in [0.1, 0.15) is 28.7 Å². The van der Waals surface area contributed by atoms with Crippen molar-refractivity contribution < 1.29 is 36.5 Å². The van der Waals surface area contributed by atoms with Crippen molar-refractivity contribution in [1.82, 2.24) is 73.7 Å². The maximum absolute atomic E-state index is 14.9. The third-order valence-corrected chi connectivity index (χ3v) is 19.9. The third-order valence-electron chi connectivity index (χ3n) is 19.6. The number of amides is 2. The minimum absolute atomic E-state index is 0.00880. The fourth-order valence-electron chi connectivity index (χ4n) is 14.1. The van der Waals surface area contributed by atoms with Crippen molar-refractivity contribution >= 4 is 84.1 Å². The van der Waals surface area contributed by atoms with Crippen LogP contribution >= 0.6 is 11.6 Å². The zero-order chi connectivity index (χ0) is 84.4. The number of H-pyrrole nitrogens is 2. The Morgan fingerprint density at radius 3 is 1.26 bits per heavy atom. The van der Waals surface area contributed by atoms with E-state index in [0.717, 1.165) is 36.3 Å². The zero-order valence-electron chi connectivity index (χ0n) is 67.2. The molecule has 0 saturated carbocycles. The second-order valence-electron chi connectivity index (χ2n) is 29.0. The monoisotopic (exact) mass is 1610 g/mol. The number of carbonyl (C=O) groups excluding carboxylic acids is 2. The molecule has 3 aliphatic heterocycles. The van der Waals surface area contributed by atoms with E-state index in [9.17, 15) is 46.7 Å². The van der Waals surface area contributed by atoms with Gasteiger partial charge in [-0.1, -0.05) is 157 Å². The summed E-state index contributed by atoms with van der Waals surface area (Å²) in [6.45, 7) is 36.1. The van der Waals surface area contributed by atoms with E-state index < -0.39 is 45.6 Å². The molecular weight excluding hydrogens is 1520 g/mol. The van der Waals surface area contributed by atoms with Crippen LogP contribution in [0.4, 0.5) is 19.0 Å². The molecule has 0 unspecified atom stereocenters. The molecule has 9 heterocycles. The van der Waals surface area contributed by atoms with Crippen LogP contribution in [0.1, 0.15) is 101 Å². The Morgan fingerprint density at radius 1 is 0.487 bits per heavy atom. The van der Waals surface area contributed by atoms with Gasteiger partial charge in [-0.15, -0.1) is 0 Å². The molecule has 0 bridgehead atoms. The first kappa shape index (κ1) is 85.8. The molecule has 3 aliphatic rings. The maximum Gasteiger partial charge on any atom is 0.426 e. The first-order chi connectivity index (χ1) is 55.9. The number of nitrogens with zero attached hydrogens (tertiary/aromatic N) is 13. The van der Waals surface area contributed by atoms with Crippen molar-refractivity contribution in [2.24, 2.45) is 0 Å². The Bertz CT molecular complexity index is 5830. The lowest BCUT2D eigenvalue weighted by molar-refractivity contribution is -0.127. The molecule has 12 aromatic rings. The van der Waals surface area contributed by atoms with Crippen LogP contribution in [0.2, 0.25) is 25.6 Å². The lowest BCUT2D eigenvalue weighted by Crippen LogP contribution is -2.54. The number of rotatable bonds is 12. The molecule has 15 rings (SSSR count). The van der Waals surface area contributed by atoms with Crippen molar-refractivity contribution in [1.29, 1.82) is 0 Å². The smallest absolute Gasteiger partial charge is 0.426 e. The van der Waals surface area contributed by atoms with Crippen LogP contribution in [0.3, 0.4) is 0 Å². The zero-order valence-corrected chi connectivity index (χ0v) is 68.0. The summed E-state index contributed by atoms with van der Waals surface area (Å²) in [7, 11) is -0.406. The van der Waals surface area contributed by atoms with Gasteiger partial charge in [0, 0.05) is 68.0 Å². The van der Waals surface area contributed by atoms with Gasteiger partial charge in [-0.05, 0) is 149 Å². The second-order valence-corrected chi connectivity index (χ2v) is 29.4. The molecule has 0 radical (unpaired) electrons. The fourth-order valence-corrected chi connectivity index (χ4v) is 14.3. The van der Waals surface area contributed by atoms with Crippen LogP contribution in [0, 0.1) is 31.3 Å². The number of aromatic amines is 2. The van der Waals surface area contributed by atoms with E-state index >= 15 is 0 Å². The predicted octanol–water partition coefficient (Wildman–Crippen LogP) is 12.8. The first-order valence-corrected chi connectivity index (χ1v) is 38.7. The van der Waals surface area contributed by atoms with E-state index in [1.165, 1.54) is 50.1 Å². The van der Waals surface area contributed by atoms with E-state index in [4.69, 9.17) is 35.3 Å². The van der Waals surface area contributed by atoms with E-state index in [-0.39, 0.29) is 107 Å². The number of aryl methyl sites for hydroxylation is 2. The Kier molecular flexibility index (Phi) is 27.6. The molecule has 3 saturated heterocycles. The van der Waals surface area contributed by atoms with Gasteiger partial charge < -0.3 is 33.7 Å². The highest BCUT2D eigenvalue weighted by Gasteiger charge is 2.34. The molecule has 2 amide bonds. The van der Waals surface area contributed by atoms with Crippen molar-refractivity contribution in [3.8, 4) is 50.8 Å². The Hall–Kier alpha value is -12.1. The van der Waals surface area contributed by atoms with Gasteiger partial charge in [0.15, 0.2) is 38.9 Å². The Balaban J connectivity index is 0.000000155. The van der Waals surface area contributed by atoms with Crippen LogP contribution in [-0.2, 0) is 23.3 Å². The van der Waals surface area contributed by atoms with E-state index in [0.29, 0.717) is 82.4 Å². The summed E-state index contributed by atoms with van der Waals surface area (Å²) in [6.07, 6.45) is 2.68. The van der Waals surface area contributed by atoms with Crippen molar-refractivity contribution in [3.63, 3.8) is 0 Å². The molecule has 3 fully saturated rings. The van der Waals surface area contributed by atoms with Gasteiger partial charge >= 0.3 is 38.4 Å². The van der Waals surface area contributed by atoms with Crippen LogP contribution < -0.4 is 38.4 Å². The van der Waals surface area contributed by atoms with E-state index in [2.05, 4.69) is 74.1 Å². The summed E-state index contributed by atoms with van der Waals surface area (Å²) < 4.78 is 63.1. The number of carbonyl (C=O) groups is 2. The molecule has 3 N–H and O–H groups in total. The number of hydrogen-bond acceptors (Lipinski definition) is 19. The number of piperazine rings is 2. The van der Waals surface area contributed by atoms with E-state index in [1.54, 1.807) is 85.5 Å². The van der Waals surface area contributed by atoms with Gasteiger partial charge in [-0.3, -0.25) is 29.1 Å². The molecule has 33 heteroatoms. The summed E-state index contributed by atoms with van der Waals surface area (Å²) in [4.78, 5) is 129. The molecule has 0 spiro atoms. The van der Waals surface area contributed by atoms with Crippen LogP contribution in [-0.4, -0.2) is 153 Å². The number of nitrogens with one attached hydrogen (secondary N) is 3. The minimum atomic E-state index is -0.710. The van der Waals surface area contributed by atoms with Crippen molar-refractivity contribution in [2.75, 3.05) is 44.2 Å². The maximum atomic E-state index is 14.9. The summed E-state index contributed by atoms with van der Waals surface area (Å²) in [5.74, 6) is -0.740. The second kappa shape index (κ2) is 37.7. The Labute approximate surface area is 679 Å². The fraction of sp³-hybridized carbons (Fsp3) is 0.286. The molecular formula is C84H89B3ClF3N16O10. The number of fused-ring (bicyclic) bond motifs is 3. The highest BCUT2D eigenvalue weighted by Crippen LogP contribution is 2.35. The predicted molar refractivity (Wildman–Crippen MR) is 453 cm³/mol. The third kappa shape index (κ3) is 19.2. The molecule has 26 nitrogen and oxygen atoms in total. The van der Waals surface area contributed by atoms with Crippen LogP contribution in [0.5, 0.6) is 0 Å². The standard InChI is InChI=1S/C30H31FN6O2.C22H19FN4O2.C21H16ClFN4O2.C8H14N2O.C3H9B3O3/c1-6-25(38)35-15-16-36(19(4)17-35)28-27-29(33-26(20(5)32-27)22-12-7-9-13-23(22)31)37(30(39)34-28)24-14-10-8-11-21(24)18(2)3;1-12(2)14-8-5-7-11-17(14)27-20-19(21(28)26-22(27)29)24-13(3)18(25-20)15-9-4-6-10-16(15)23;1-11(2)12-7-4-6-10-15(12)27-19-17(20(28)26-21(27)29)24-18(22)16(25-19)13-8-3-5-9-14(13)23;1-3-8(11)10-5-4-9-7(2)6-10;1-4-7-5(2)9-6(3)8-4/h6-14,18-19H,1,15-17H2,2-5H3;4-12H,1-3H3,(H,26,28,29);3-11H,1-2H3,(H,26,28,29);3,7,9H,1,4-6H2,2H3;1-3H3/t19-;;;7-;/m0..0./s1. The number of hydrogen-bond donors (Lipinski definition) is 3. The average Bonchev–Trinajstić information content (AvgIpc) is 0.751. The molecule has 602 valence electrons. The summed E-state index contributed by atoms with van der Waals surface area (Å²) in [5, 5.41) is 3.13. The molecule has 6 aromatic carbocycles. The van der Waals surface area contributed by atoms with Crippen molar-refractivity contribution in [2.45, 2.75) is 120 Å². The SMILES string of the molecule is C=CC(=O)N1CCN(c2nc(=O)n(-c3ccccc3C(C)C)c3nc(-c4ccccc4F)c(C)nc23)[C@@H](C)C1.C=CC(=O)N1CCN[C@@H](C)C1.CB1OB(C)OB(C)O1.CC(C)c1ccccc1-n1c(=O)[nH]c(=O)c2nc(Cl)c(-c3ccccc3F)nc21.Cc1nc2c(=O)[nH]c(=O)n(-c3ccccc3C(C)C)c2nc1-c1ccccc1F. The lowest BCUT2D eigenvalue weighted by atomic mass is 9.74. The summed E-state index contributed by atoms with van der Waals surface area (Å²) in [5.41, 5.74) is 4.56. The topological polar surface area (TPSA) is 306 Å². The first-order valence-electron chi connectivity index (χ1n) is 38.3. The number of benzene rings is 6. The lowest BCUT2D eigenvalue weighted by Gasteiger charge is -2.40.